The van der Waals surface area contributed by atoms with Crippen LogP contribution in [0.1, 0.15) is 115 Å². The summed E-state index contributed by atoms with van der Waals surface area (Å²) in [5.74, 6) is -6.91. The molecule has 0 aromatic heterocycles. The summed E-state index contributed by atoms with van der Waals surface area (Å²) in [4.78, 5) is 102. The van der Waals surface area contributed by atoms with Crippen molar-refractivity contribution in [1.82, 2.24) is 26.6 Å². The number of nitrogens with one attached hydrogen (secondary N) is 5. The quantitative estimate of drug-likeness (QED) is 0.0848. The Hall–Kier alpha value is -5.02. The molecule has 1 aromatic rings. The molecule has 16 nitrogen and oxygen atoms in total. The highest BCUT2D eigenvalue weighted by Gasteiger charge is 2.35. The van der Waals surface area contributed by atoms with Crippen molar-refractivity contribution in [2.24, 2.45) is 17.6 Å². The van der Waals surface area contributed by atoms with E-state index in [9.17, 15) is 48.6 Å². The third-order valence-electron chi connectivity index (χ3n) is 10.4. The fourth-order valence-corrected chi connectivity index (χ4v) is 7.46. The minimum absolute atomic E-state index is 0.0116. The molecule has 0 saturated heterocycles. The van der Waals surface area contributed by atoms with Crippen LogP contribution in [0.5, 0.6) is 0 Å². The normalized spacial score (nSPS) is 17.6. The van der Waals surface area contributed by atoms with Gasteiger partial charge in [0, 0.05) is 19.8 Å². The van der Waals surface area contributed by atoms with Gasteiger partial charge in [-0.2, -0.15) is 0 Å². The molecule has 5 atom stereocenters. The number of hydrogen-bond acceptors (Lipinski definition) is 8. The Balaban J connectivity index is 1.83. The van der Waals surface area contributed by atoms with Crippen LogP contribution in [0.3, 0.4) is 0 Å². The summed E-state index contributed by atoms with van der Waals surface area (Å²) in [6.45, 7) is 1.19. The first kappa shape index (κ1) is 44.4. The number of carboxylic acids is 2. The highest BCUT2D eigenvalue weighted by Crippen LogP contribution is 2.29. The molecule has 2 aliphatic rings. The van der Waals surface area contributed by atoms with Crippen LogP contribution in [-0.2, 0) is 44.8 Å². The minimum atomic E-state index is -1.67. The number of carbonyl (C=O) groups excluding carboxylic acids is 6. The Kier molecular flexibility index (Phi) is 18.6. The fraction of sp³-hybridized carbons (Fsp3) is 0.641. The van der Waals surface area contributed by atoms with E-state index in [4.69, 9.17) is 5.73 Å². The molecule has 1 aromatic carbocycles. The zero-order valence-electron chi connectivity index (χ0n) is 31.7. The zero-order valence-corrected chi connectivity index (χ0v) is 31.7. The molecule has 2 saturated carbocycles. The second kappa shape index (κ2) is 23.0. The molecule has 0 spiro atoms. The standard InChI is InChI=1S/C39H58N6O10/c1-24(46)41-28(19-20-33(40)47)35(50)43-30(21-26-13-7-3-8-14-26)37(52)44-31(23-34(48)49)38(53)42-29(18-17-25-11-5-2-6-12-25)36(51)45-32(39(54)55)22-27-15-9-4-10-16-27/h4,9-10,15-16,25-26,28-32H,2-3,5-8,11-14,17-23H2,1H3,(H2,40,47)(H,41,46)(H,42,53)(H,43,50)(H,44,52)(H,45,51)(H,48,49)(H,54,55)/t28?,29-,30-,31-,32-/m0/s1. The molecule has 0 aliphatic heterocycles. The Morgan fingerprint density at radius 1 is 0.636 bits per heavy atom. The average molecular weight is 771 g/mol. The van der Waals surface area contributed by atoms with Crippen molar-refractivity contribution in [1.29, 1.82) is 0 Å². The topological polar surface area (TPSA) is 263 Å². The molecule has 0 heterocycles. The van der Waals surface area contributed by atoms with Gasteiger partial charge in [-0.25, -0.2) is 4.79 Å². The predicted molar refractivity (Wildman–Crippen MR) is 201 cm³/mol. The van der Waals surface area contributed by atoms with E-state index in [1.165, 1.54) is 6.92 Å². The molecule has 55 heavy (non-hydrogen) atoms. The van der Waals surface area contributed by atoms with Crippen LogP contribution < -0.4 is 32.3 Å². The van der Waals surface area contributed by atoms with Crippen LogP contribution >= 0.6 is 0 Å². The summed E-state index contributed by atoms with van der Waals surface area (Å²) in [5, 5.41) is 32.4. The Bertz CT molecular complexity index is 1480. The third-order valence-corrected chi connectivity index (χ3v) is 10.4. The van der Waals surface area contributed by atoms with Gasteiger partial charge in [0.25, 0.3) is 0 Å². The Morgan fingerprint density at radius 3 is 1.67 bits per heavy atom. The number of carbonyl (C=O) groups is 8. The van der Waals surface area contributed by atoms with E-state index in [1.54, 1.807) is 30.3 Å². The summed E-state index contributed by atoms with van der Waals surface area (Å²) in [6.07, 6.45) is 9.20. The molecule has 9 N–H and O–H groups in total. The van der Waals surface area contributed by atoms with Gasteiger partial charge in [0.2, 0.25) is 35.4 Å². The minimum Gasteiger partial charge on any atom is -0.481 e. The van der Waals surface area contributed by atoms with Crippen molar-refractivity contribution >= 4 is 47.4 Å². The van der Waals surface area contributed by atoms with Crippen LogP contribution in [0.2, 0.25) is 0 Å². The molecule has 16 heteroatoms. The molecule has 6 amide bonds. The first-order valence-electron chi connectivity index (χ1n) is 19.5. The molecule has 3 rings (SSSR count). The van der Waals surface area contributed by atoms with Crippen LogP contribution in [0.15, 0.2) is 30.3 Å². The second-order valence-corrected chi connectivity index (χ2v) is 14.9. The SMILES string of the molecule is CC(=O)NC(CCC(N)=O)C(=O)N[C@@H](CC1CCCCC1)C(=O)N[C@@H](CC(=O)O)C(=O)N[C@@H](CCC1CCCCC1)C(=O)N[C@@H](Cc1ccccc1)C(=O)O. The van der Waals surface area contributed by atoms with Gasteiger partial charge in [0.1, 0.15) is 30.2 Å². The molecule has 1 unspecified atom stereocenters. The van der Waals surface area contributed by atoms with Gasteiger partial charge >= 0.3 is 11.9 Å². The predicted octanol–water partition coefficient (Wildman–Crippen LogP) is 1.83. The van der Waals surface area contributed by atoms with Crippen LogP contribution in [0, 0.1) is 11.8 Å². The van der Waals surface area contributed by atoms with Gasteiger partial charge in [-0.05, 0) is 43.1 Å². The zero-order chi connectivity index (χ0) is 40.3. The number of aliphatic carboxylic acids is 2. The van der Waals surface area contributed by atoms with Gasteiger partial charge in [-0.1, -0.05) is 94.5 Å². The van der Waals surface area contributed by atoms with Crippen molar-refractivity contribution in [3.8, 4) is 0 Å². The lowest BCUT2D eigenvalue weighted by Crippen LogP contribution is -2.59. The molecular weight excluding hydrogens is 712 g/mol. The van der Waals surface area contributed by atoms with E-state index in [1.807, 2.05) is 0 Å². The smallest absolute Gasteiger partial charge is 0.326 e. The molecule has 0 radical (unpaired) electrons. The van der Waals surface area contributed by atoms with E-state index >= 15 is 0 Å². The van der Waals surface area contributed by atoms with Crippen LogP contribution in [-0.4, -0.2) is 87.8 Å². The van der Waals surface area contributed by atoms with Crippen molar-refractivity contribution in [3.63, 3.8) is 0 Å². The van der Waals surface area contributed by atoms with Gasteiger partial charge < -0.3 is 42.5 Å². The van der Waals surface area contributed by atoms with Gasteiger partial charge in [0.15, 0.2) is 0 Å². The first-order valence-corrected chi connectivity index (χ1v) is 19.5. The van der Waals surface area contributed by atoms with E-state index < -0.39 is 84.0 Å². The third kappa shape index (κ3) is 16.5. The number of nitrogens with two attached hydrogens (primary N) is 1. The van der Waals surface area contributed by atoms with E-state index in [0.717, 1.165) is 64.2 Å². The average Bonchev–Trinajstić information content (AvgIpc) is 3.14. The molecule has 2 aliphatic carbocycles. The van der Waals surface area contributed by atoms with Crippen molar-refractivity contribution in [2.75, 3.05) is 0 Å². The Labute approximate surface area is 321 Å². The maximum absolute atomic E-state index is 13.9. The number of carboxylic acid groups (broad SMARTS) is 2. The number of primary amides is 1. The maximum atomic E-state index is 13.9. The van der Waals surface area contributed by atoms with E-state index in [0.29, 0.717) is 17.9 Å². The van der Waals surface area contributed by atoms with Gasteiger partial charge in [-0.15, -0.1) is 0 Å². The molecule has 304 valence electrons. The van der Waals surface area contributed by atoms with Crippen molar-refractivity contribution in [2.45, 2.75) is 146 Å². The summed E-state index contributed by atoms with van der Waals surface area (Å²) >= 11 is 0. The summed E-state index contributed by atoms with van der Waals surface area (Å²) in [7, 11) is 0. The number of amides is 6. The second-order valence-electron chi connectivity index (χ2n) is 14.9. The number of benzene rings is 1. The largest absolute Gasteiger partial charge is 0.481 e. The maximum Gasteiger partial charge on any atom is 0.326 e. The first-order chi connectivity index (χ1) is 26.2. The highest BCUT2D eigenvalue weighted by atomic mass is 16.4. The number of rotatable bonds is 22. The van der Waals surface area contributed by atoms with Gasteiger partial charge in [-0.3, -0.25) is 33.6 Å². The van der Waals surface area contributed by atoms with E-state index in [-0.39, 0.29) is 38.0 Å². The fourth-order valence-electron chi connectivity index (χ4n) is 7.46. The molecule has 0 bridgehead atoms. The summed E-state index contributed by atoms with van der Waals surface area (Å²) in [5.41, 5.74) is 5.94. The van der Waals surface area contributed by atoms with Gasteiger partial charge in [0.05, 0.1) is 6.42 Å². The van der Waals surface area contributed by atoms with Crippen molar-refractivity contribution < 1.29 is 48.6 Å². The summed E-state index contributed by atoms with van der Waals surface area (Å²) in [6, 6.07) is 2.10. The number of hydrogen-bond donors (Lipinski definition) is 8. The monoisotopic (exact) mass is 770 g/mol. The highest BCUT2D eigenvalue weighted by molar-refractivity contribution is 5.97. The van der Waals surface area contributed by atoms with Crippen molar-refractivity contribution in [3.05, 3.63) is 35.9 Å². The molecular formula is C39H58N6O10. The summed E-state index contributed by atoms with van der Waals surface area (Å²) < 4.78 is 0. The lowest BCUT2D eigenvalue weighted by Gasteiger charge is -2.30. The van der Waals surface area contributed by atoms with Crippen LogP contribution in [0.4, 0.5) is 0 Å². The van der Waals surface area contributed by atoms with E-state index in [2.05, 4.69) is 26.6 Å². The van der Waals surface area contributed by atoms with Crippen LogP contribution in [0.25, 0.3) is 0 Å². The lowest BCUT2D eigenvalue weighted by molar-refractivity contribution is -0.143. The lowest BCUT2D eigenvalue weighted by atomic mass is 9.84. The molecule has 2 fully saturated rings. The Morgan fingerprint density at radius 2 is 1.13 bits per heavy atom.